The molecule has 2 saturated heterocycles. The van der Waals surface area contributed by atoms with Crippen molar-refractivity contribution in [3.63, 3.8) is 0 Å². The van der Waals surface area contributed by atoms with E-state index in [9.17, 15) is 13.2 Å². The lowest BCUT2D eigenvalue weighted by atomic mass is 10.0. The first-order valence-corrected chi connectivity index (χ1v) is 10.4. The zero-order chi connectivity index (χ0) is 18.2. The van der Waals surface area contributed by atoms with Crippen molar-refractivity contribution in [1.82, 2.24) is 9.80 Å². The fourth-order valence-corrected chi connectivity index (χ4v) is 5.60. The Morgan fingerprint density at radius 2 is 1.76 bits per heavy atom. The Labute approximate surface area is 149 Å². The van der Waals surface area contributed by atoms with Gasteiger partial charge in [-0.25, -0.2) is 13.2 Å². The predicted octanol–water partition coefficient (Wildman–Crippen LogP) is 1.90. The molecule has 2 heterocycles. The van der Waals surface area contributed by atoms with Gasteiger partial charge in [0.2, 0.25) is 0 Å². The van der Waals surface area contributed by atoms with Crippen LogP contribution in [0.1, 0.15) is 26.3 Å². The first-order valence-electron chi connectivity index (χ1n) is 8.63. The van der Waals surface area contributed by atoms with Gasteiger partial charge in [-0.05, 0) is 26.3 Å². The molecular weight excluding hydrogens is 340 g/mol. The van der Waals surface area contributed by atoms with E-state index >= 15 is 0 Å². The summed E-state index contributed by atoms with van der Waals surface area (Å²) in [6.45, 7) is 7.28. The average molecular weight is 366 g/mol. The van der Waals surface area contributed by atoms with Gasteiger partial charge < -0.3 is 9.64 Å². The van der Waals surface area contributed by atoms with Crippen molar-refractivity contribution in [3.05, 3.63) is 35.9 Å². The number of sulfone groups is 1. The number of carbonyl (C=O) groups excluding carboxylic acids is 1. The zero-order valence-electron chi connectivity index (χ0n) is 15.0. The normalized spacial score (nSPS) is 26.3. The van der Waals surface area contributed by atoms with Gasteiger partial charge in [-0.15, -0.1) is 0 Å². The number of rotatable bonds is 2. The van der Waals surface area contributed by atoms with Crippen LogP contribution in [0.3, 0.4) is 0 Å². The van der Waals surface area contributed by atoms with Crippen molar-refractivity contribution < 1.29 is 17.9 Å². The largest absolute Gasteiger partial charge is 0.444 e. The van der Waals surface area contributed by atoms with Crippen molar-refractivity contribution in [1.29, 1.82) is 0 Å². The Kier molecular flexibility index (Phi) is 4.81. The van der Waals surface area contributed by atoms with Gasteiger partial charge >= 0.3 is 6.09 Å². The molecule has 2 fully saturated rings. The van der Waals surface area contributed by atoms with E-state index in [-0.39, 0.29) is 23.6 Å². The molecule has 1 aromatic rings. The maximum absolute atomic E-state index is 12.5. The van der Waals surface area contributed by atoms with Crippen LogP contribution in [0.25, 0.3) is 0 Å². The maximum Gasteiger partial charge on any atom is 0.410 e. The highest BCUT2D eigenvalue weighted by molar-refractivity contribution is 7.91. The number of amides is 1. The van der Waals surface area contributed by atoms with Crippen molar-refractivity contribution in [2.45, 2.75) is 45.0 Å². The molecule has 0 aliphatic carbocycles. The van der Waals surface area contributed by atoms with Crippen LogP contribution >= 0.6 is 0 Å². The lowest BCUT2D eigenvalue weighted by Gasteiger charge is -2.44. The molecule has 0 unspecified atom stereocenters. The number of carbonyl (C=O) groups is 1. The fourth-order valence-electron chi connectivity index (χ4n) is 3.59. The van der Waals surface area contributed by atoms with Crippen LogP contribution in [0.15, 0.2) is 30.3 Å². The second-order valence-electron chi connectivity index (χ2n) is 7.84. The van der Waals surface area contributed by atoms with E-state index in [2.05, 4.69) is 4.90 Å². The summed E-state index contributed by atoms with van der Waals surface area (Å²) in [5.41, 5.74) is 0.557. The van der Waals surface area contributed by atoms with Gasteiger partial charge in [0.25, 0.3) is 0 Å². The van der Waals surface area contributed by atoms with E-state index in [1.54, 1.807) is 4.90 Å². The highest BCUT2D eigenvalue weighted by Crippen LogP contribution is 2.29. The zero-order valence-corrected chi connectivity index (χ0v) is 15.8. The summed E-state index contributed by atoms with van der Waals surface area (Å²) in [5, 5.41) is 0. The minimum Gasteiger partial charge on any atom is -0.444 e. The molecule has 25 heavy (non-hydrogen) atoms. The minimum atomic E-state index is -3.16. The summed E-state index contributed by atoms with van der Waals surface area (Å²) < 4.78 is 30.0. The molecule has 138 valence electrons. The monoisotopic (exact) mass is 366 g/mol. The highest BCUT2D eigenvalue weighted by atomic mass is 32.2. The molecule has 0 aromatic heterocycles. The average Bonchev–Trinajstić information content (AvgIpc) is 2.82. The maximum atomic E-state index is 12.5. The number of hydrogen-bond acceptors (Lipinski definition) is 5. The lowest BCUT2D eigenvalue weighted by Crippen LogP contribution is -2.60. The molecule has 2 atom stereocenters. The van der Waals surface area contributed by atoms with Gasteiger partial charge in [0.05, 0.1) is 17.5 Å². The van der Waals surface area contributed by atoms with Gasteiger partial charge in [0.15, 0.2) is 9.84 Å². The van der Waals surface area contributed by atoms with E-state index in [0.717, 1.165) is 5.56 Å². The van der Waals surface area contributed by atoms with E-state index < -0.39 is 21.5 Å². The molecule has 0 spiro atoms. The van der Waals surface area contributed by atoms with Crippen LogP contribution in [0.2, 0.25) is 0 Å². The Bertz CT molecular complexity index is 727. The third-order valence-corrected chi connectivity index (χ3v) is 6.35. The van der Waals surface area contributed by atoms with Crippen LogP contribution in [0.4, 0.5) is 4.79 Å². The van der Waals surface area contributed by atoms with Gasteiger partial charge in [0, 0.05) is 25.7 Å². The smallest absolute Gasteiger partial charge is 0.410 e. The minimum absolute atomic E-state index is 0.0161. The summed E-state index contributed by atoms with van der Waals surface area (Å²) in [4.78, 5) is 16.3. The standard InChI is InChI=1S/C18H26N2O4S/c1-18(2,3)24-17(21)20-10-9-19(11-14-7-5-4-6-8-14)15-12-25(22,23)13-16(15)20/h4-8,15-16H,9-13H2,1-3H3/t15-,16-/m1/s1. The molecule has 3 rings (SSSR count). The summed E-state index contributed by atoms with van der Waals surface area (Å²) in [6, 6.07) is 9.50. The quantitative estimate of drug-likeness (QED) is 0.800. The summed E-state index contributed by atoms with van der Waals surface area (Å²) in [6.07, 6.45) is -0.418. The molecule has 0 N–H and O–H groups in total. The summed E-state index contributed by atoms with van der Waals surface area (Å²) in [7, 11) is -3.16. The van der Waals surface area contributed by atoms with Crippen molar-refractivity contribution >= 4 is 15.9 Å². The van der Waals surface area contributed by atoms with Gasteiger partial charge in [0.1, 0.15) is 5.60 Å². The Balaban J connectivity index is 1.79. The lowest BCUT2D eigenvalue weighted by molar-refractivity contribution is -0.0105. The summed E-state index contributed by atoms with van der Waals surface area (Å²) in [5.74, 6) is 0.117. The molecule has 0 bridgehead atoms. The molecule has 0 saturated carbocycles. The van der Waals surface area contributed by atoms with Gasteiger partial charge in [-0.1, -0.05) is 30.3 Å². The van der Waals surface area contributed by atoms with Crippen molar-refractivity contribution in [2.24, 2.45) is 0 Å². The molecule has 1 amide bonds. The Morgan fingerprint density at radius 1 is 1.12 bits per heavy atom. The number of piperazine rings is 1. The van der Waals surface area contributed by atoms with Crippen LogP contribution in [-0.2, 0) is 21.1 Å². The third kappa shape index (κ3) is 4.33. The van der Waals surface area contributed by atoms with Crippen LogP contribution in [0, 0.1) is 0 Å². The Hall–Kier alpha value is -1.60. The van der Waals surface area contributed by atoms with E-state index in [1.807, 2.05) is 51.1 Å². The predicted molar refractivity (Wildman–Crippen MR) is 96.0 cm³/mol. The molecular formula is C18H26N2O4S. The number of fused-ring (bicyclic) bond motifs is 1. The molecule has 0 radical (unpaired) electrons. The third-order valence-electron chi connectivity index (χ3n) is 4.65. The first kappa shape index (κ1) is 18.2. The van der Waals surface area contributed by atoms with Crippen molar-refractivity contribution in [3.8, 4) is 0 Å². The van der Waals surface area contributed by atoms with Crippen molar-refractivity contribution in [2.75, 3.05) is 24.6 Å². The van der Waals surface area contributed by atoms with E-state index in [0.29, 0.717) is 19.6 Å². The SMILES string of the molecule is CC(C)(C)OC(=O)N1CCN(Cc2ccccc2)[C@@H]2CS(=O)(=O)C[C@H]21. The molecule has 2 aliphatic heterocycles. The Morgan fingerprint density at radius 3 is 2.40 bits per heavy atom. The van der Waals surface area contributed by atoms with Crippen LogP contribution in [-0.4, -0.2) is 66.6 Å². The van der Waals surface area contributed by atoms with E-state index in [4.69, 9.17) is 4.74 Å². The van der Waals surface area contributed by atoms with E-state index in [1.165, 1.54) is 0 Å². The second kappa shape index (κ2) is 6.61. The molecule has 2 aliphatic rings. The molecule has 6 nitrogen and oxygen atoms in total. The fraction of sp³-hybridized carbons (Fsp3) is 0.611. The van der Waals surface area contributed by atoms with Crippen LogP contribution in [0.5, 0.6) is 0 Å². The molecule has 1 aromatic carbocycles. The van der Waals surface area contributed by atoms with Crippen LogP contribution < -0.4 is 0 Å². The summed E-state index contributed by atoms with van der Waals surface area (Å²) >= 11 is 0. The number of ether oxygens (including phenoxy) is 1. The van der Waals surface area contributed by atoms with Gasteiger partial charge in [-0.2, -0.15) is 0 Å². The highest BCUT2D eigenvalue weighted by Gasteiger charge is 2.48. The number of hydrogen-bond donors (Lipinski definition) is 0. The number of benzene rings is 1. The number of nitrogens with zero attached hydrogens (tertiary/aromatic N) is 2. The topological polar surface area (TPSA) is 66.9 Å². The first-order chi connectivity index (χ1) is 11.6. The second-order valence-corrected chi connectivity index (χ2v) is 10.00. The molecule has 7 heteroatoms. The van der Waals surface area contributed by atoms with Gasteiger partial charge in [-0.3, -0.25) is 4.90 Å².